The summed E-state index contributed by atoms with van der Waals surface area (Å²) in [5.41, 5.74) is 1.05. The van der Waals surface area contributed by atoms with Crippen molar-refractivity contribution in [3.63, 3.8) is 0 Å². The molecular formula is C15H16O2S. The van der Waals surface area contributed by atoms with E-state index in [-0.39, 0.29) is 5.25 Å². The Balaban J connectivity index is 2.20. The number of hydrogen-bond donors (Lipinski definition) is 0. The van der Waals surface area contributed by atoms with Crippen LogP contribution in [0, 0.1) is 0 Å². The Kier molecular flexibility index (Phi) is 4.15. The van der Waals surface area contributed by atoms with Gasteiger partial charge in [-0.05, 0) is 36.8 Å². The first-order chi connectivity index (χ1) is 8.72. The summed E-state index contributed by atoms with van der Waals surface area (Å²) in [5.74, 6) is 0.816. The average Bonchev–Trinajstić information content (AvgIpc) is 2.47. The number of methoxy groups -OCH3 is 1. The van der Waals surface area contributed by atoms with Gasteiger partial charge in [-0.3, -0.25) is 4.21 Å². The van der Waals surface area contributed by atoms with Gasteiger partial charge in [0.25, 0.3) is 0 Å². The first kappa shape index (κ1) is 12.8. The van der Waals surface area contributed by atoms with Gasteiger partial charge in [0.05, 0.1) is 23.2 Å². The van der Waals surface area contributed by atoms with Gasteiger partial charge in [-0.2, -0.15) is 0 Å². The zero-order valence-corrected chi connectivity index (χ0v) is 11.3. The third kappa shape index (κ3) is 2.79. The molecule has 2 rings (SSSR count). The molecule has 0 spiro atoms. The van der Waals surface area contributed by atoms with Crippen molar-refractivity contribution >= 4 is 10.8 Å². The molecule has 2 atom stereocenters. The third-order valence-corrected chi connectivity index (χ3v) is 4.53. The molecule has 3 heteroatoms. The number of ether oxygens (including phenoxy) is 1. The Bertz CT molecular complexity index is 520. The molecule has 0 aliphatic carbocycles. The molecule has 0 fully saturated rings. The molecular weight excluding hydrogens is 244 g/mol. The van der Waals surface area contributed by atoms with E-state index in [1.165, 1.54) is 0 Å². The molecule has 1 unspecified atom stereocenters. The van der Waals surface area contributed by atoms with E-state index in [0.717, 1.165) is 16.2 Å². The SMILES string of the molecule is COc1ccc([C@@H](C)S(=O)c2ccccc2)cc1. The monoisotopic (exact) mass is 260 g/mol. The van der Waals surface area contributed by atoms with E-state index in [9.17, 15) is 4.21 Å². The van der Waals surface area contributed by atoms with E-state index in [1.807, 2.05) is 61.5 Å². The molecule has 0 N–H and O–H groups in total. The fraction of sp³-hybridized carbons (Fsp3) is 0.200. The van der Waals surface area contributed by atoms with Crippen molar-refractivity contribution in [3.05, 3.63) is 60.2 Å². The van der Waals surface area contributed by atoms with Crippen LogP contribution in [0.25, 0.3) is 0 Å². The summed E-state index contributed by atoms with van der Waals surface area (Å²) in [6.07, 6.45) is 0. The molecule has 0 heterocycles. The van der Waals surface area contributed by atoms with E-state index in [2.05, 4.69) is 0 Å². The molecule has 2 aromatic carbocycles. The van der Waals surface area contributed by atoms with Gasteiger partial charge in [0.2, 0.25) is 0 Å². The minimum atomic E-state index is -1.03. The van der Waals surface area contributed by atoms with Crippen molar-refractivity contribution in [2.75, 3.05) is 7.11 Å². The van der Waals surface area contributed by atoms with E-state index in [0.29, 0.717) is 0 Å². The fourth-order valence-electron chi connectivity index (χ4n) is 1.76. The molecule has 0 aliphatic rings. The summed E-state index contributed by atoms with van der Waals surface area (Å²) in [6.45, 7) is 1.98. The highest BCUT2D eigenvalue weighted by atomic mass is 32.2. The van der Waals surface area contributed by atoms with Crippen molar-refractivity contribution in [2.45, 2.75) is 17.1 Å². The molecule has 2 nitrogen and oxygen atoms in total. The van der Waals surface area contributed by atoms with Crippen LogP contribution in [0.2, 0.25) is 0 Å². The molecule has 18 heavy (non-hydrogen) atoms. The van der Waals surface area contributed by atoms with Crippen LogP contribution in [0.1, 0.15) is 17.7 Å². The van der Waals surface area contributed by atoms with Gasteiger partial charge in [0.1, 0.15) is 5.75 Å². The standard InChI is InChI=1S/C15H16O2S/c1-12(13-8-10-14(17-2)11-9-13)18(16)15-6-4-3-5-7-15/h3-12H,1-2H3/t12-,18?/m1/s1. The number of benzene rings is 2. The summed E-state index contributed by atoms with van der Waals surface area (Å²) in [4.78, 5) is 0.862. The van der Waals surface area contributed by atoms with Gasteiger partial charge in [0, 0.05) is 4.90 Å². The second-order valence-electron chi connectivity index (χ2n) is 4.03. The van der Waals surface area contributed by atoms with Crippen molar-refractivity contribution in [2.24, 2.45) is 0 Å². The minimum absolute atomic E-state index is 0.0293. The lowest BCUT2D eigenvalue weighted by molar-refractivity contribution is 0.414. The zero-order valence-electron chi connectivity index (χ0n) is 10.5. The quantitative estimate of drug-likeness (QED) is 0.840. The second-order valence-corrected chi connectivity index (χ2v) is 5.80. The summed E-state index contributed by atoms with van der Waals surface area (Å²) in [6, 6.07) is 17.3. The van der Waals surface area contributed by atoms with Crippen LogP contribution in [0.3, 0.4) is 0 Å². The normalized spacial score (nSPS) is 13.9. The Morgan fingerprint density at radius 1 is 1.00 bits per heavy atom. The maximum atomic E-state index is 12.4. The lowest BCUT2D eigenvalue weighted by Gasteiger charge is -2.12. The molecule has 0 saturated heterocycles. The van der Waals surface area contributed by atoms with Crippen LogP contribution >= 0.6 is 0 Å². The second kappa shape index (κ2) is 5.83. The summed E-state index contributed by atoms with van der Waals surface area (Å²) in [5, 5.41) is -0.0293. The highest BCUT2D eigenvalue weighted by Gasteiger charge is 2.15. The zero-order chi connectivity index (χ0) is 13.0. The molecule has 0 aliphatic heterocycles. The summed E-state index contributed by atoms with van der Waals surface area (Å²) in [7, 11) is 0.611. The van der Waals surface area contributed by atoms with Crippen LogP contribution in [-0.4, -0.2) is 11.3 Å². The lowest BCUT2D eigenvalue weighted by atomic mass is 10.2. The summed E-state index contributed by atoms with van der Waals surface area (Å²) < 4.78 is 17.5. The van der Waals surface area contributed by atoms with Crippen molar-refractivity contribution in [1.82, 2.24) is 0 Å². The molecule has 0 amide bonds. The third-order valence-electron chi connectivity index (χ3n) is 2.88. The smallest absolute Gasteiger partial charge is 0.118 e. The molecule has 94 valence electrons. The summed E-state index contributed by atoms with van der Waals surface area (Å²) >= 11 is 0. The minimum Gasteiger partial charge on any atom is -0.497 e. The van der Waals surface area contributed by atoms with E-state index in [1.54, 1.807) is 7.11 Å². The first-order valence-electron chi connectivity index (χ1n) is 5.82. The molecule has 0 radical (unpaired) electrons. The van der Waals surface area contributed by atoms with Crippen molar-refractivity contribution < 1.29 is 8.95 Å². The molecule has 0 saturated carbocycles. The van der Waals surface area contributed by atoms with E-state index < -0.39 is 10.8 Å². The predicted molar refractivity (Wildman–Crippen MR) is 74.3 cm³/mol. The maximum Gasteiger partial charge on any atom is 0.118 e. The Labute approximate surface area is 110 Å². The molecule has 0 aromatic heterocycles. The van der Waals surface area contributed by atoms with Gasteiger partial charge in [-0.15, -0.1) is 0 Å². The molecule has 2 aromatic rings. The highest BCUT2D eigenvalue weighted by molar-refractivity contribution is 7.85. The van der Waals surface area contributed by atoms with Crippen LogP contribution < -0.4 is 4.74 Å². The van der Waals surface area contributed by atoms with Gasteiger partial charge in [-0.1, -0.05) is 30.3 Å². The first-order valence-corrected chi connectivity index (χ1v) is 7.03. The largest absolute Gasteiger partial charge is 0.497 e. The fourth-order valence-corrected chi connectivity index (χ4v) is 3.00. The van der Waals surface area contributed by atoms with E-state index >= 15 is 0 Å². The Hall–Kier alpha value is -1.61. The molecule has 0 bridgehead atoms. The maximum absolute atomic E-state index is 12.4. The lowest BCUT2D eigenvalue weighted by Crippen LogP contribution is -2.03. The number of hydrogen-bond acceptors (Lipinski definition) is 2. The van der Waals surface area contributed by atoms with Gasteiger partial charge >= 0.3 is 0 Å². The highest BCUT2D eigenvalue weighted by Crippen LogP contribution is 2.26. The average molecular weight is 260 g/mol. The van der Waals surface area contributed by atoms with Crippen LogP contribution in [0.5, 0.6) is 5.75 Å². The van der Waals surface area contributed by atoms with Gasteiger partial charge in [-0.25, -0.2) is 0 Å². The van der Waals surface area contributed by atoms with Crippen molar-refractivity contribution in [3.8, 4) is 5.75 Å². The predicted octanol–water partition coefficient (Wildman–Crippen LogP) is 3.56. The van der Waals surface area contributed by atoms with E-state index in [4.69, 9.17) is 4.74 Å². The van der Waals surface area contributed by atoms with Gasteiger partial charge < -0.3 is 4.74 Å². The van der Waals surface area contributed by atoms with Crippen LogP contribution in [0.15, 0.2) is 59.5 Å². The van der Waals surface area contributed by atoms with Crippen molar-refractivity contribution in [1.29, 1.82) is 0 Å². The topological polar surface area (TPSA) is 26.3 Å². The van der Waals surface area contributed by atoms with Gasteiger partial charge in [0.15, 0.2) is 0 Å². The van der Waals surface area contributed by atoms with Crippen LogP contribution in [0.4, 0.5) is 0 Å². The number of rotatable bonds is 4. The van der Waals surface area contributed by atoms with Crippen LogP contribution in [-0.2, 0) is 10.8 Å². The Morgan fingerprint density at radius 2 is 1.61 bits per heavy atom. The Morgan fingerprint density at radius 3 is 2.17 bits per heavy atom.